The summed E-state index contributed by atoms with van der Waals surface area (Å²) in [4.78, 5) is 12.3. The predicted octanol–water partition coefficient (Wildman–Crippen LogP) is 2.63. The highest BCUT2D eigenvalue weighted by atomic mass is 32.2. The Hall–Kier alpha value is -2.61. The van der Waals surface area contributed by atoms with Crippen LogP contribution in [0, 0.1) is 10.1 Å². The molecule has 0 unspecified atom stereocenters. The van der Waals surface area contributed by atoms with Gasteiger partial charge in [0, 0.05) is 32.8 Å². The molecule has 7 nitrogen and oxygen atoms in total. The van der Waals surface area contributed by atoms with Crippen LogP contribution in [0.5, 0.6) is 0 Å². The summed E-state index contributed by atoms with van der Waals surface area (Å²) in [5, 5.41) is 11.1. The van der Waals surface area contributed by atoms with Crippen molar-refractivity contribution in [2.75, 3.05) is 30.3 Å². The minimum absolute atomic E-state index is 0.164. The smallest absolute Gasteiger partial charge is 0.273 e. The number of sulfonamides is 1. The molecule has 0 spiro atoms. The Kier molecular flexibility index (Phi) is 5.08. The zero-order valence-corrected chi connectivity index (χ0v) is 14.5. The highest BCUT2D eigenvalue weighted by Gasteiger charge is 2.25. The summed E-state index contributed by atoms with van der Waals surface area (Å²) in [5.74, 6) is -0.442. The molecule has 2 rings (SSSR count). The average Bonchev–Trinajstić information content (AvgIpc) is 2.54. The van der Waals surface area contributed by atoms with Crippen molar-refractivity contribution in [3.05, 3.63) is 64.2 Å². The maximum Gasteiger partial charge on any atom is 0.273 e. The third kappa shape index (κ3) is 3.65. The Morgan fingerprint density at radius 3 is 2.08 bits per heavy atom. The standard InChI is InChI=1S/C16H19N3O4S/c1-17(2)15-10-6-7-11-16(15)18(3)24(22,23)12-13-8-4-5-9-14(13)19(20)21/h4-11H,12H2,1-3H3. The van der Waals surface area contributed by atoms with Gasteiger partial charge < -0.3 is 4.90 Å². The van der Waals surface area contributed by atoms with E-state index in [9.17, 15) is 18.5 Å². The Morgan fingerprint density at radius 1 is 0.958 bits per heavy atom. The van der Waals surface area contributed by atoms with E-state index in [-0.39, 0.29) is 11.3 Å². The Labute approximate surface area is 141 Å². The number of nitrogens with zero attached hydrogens (tertiary/aromatic N) is 3. The monoisotopic (exact) mass is 349 g/mol. The van der Waals surface area contributed by atoms with Gasteiger partial charge in [-0.15, -0.1) is 0 Å². The summed E-state index contributed by atoms with van der Waals surface area (Å²) in [6.07, 6.45) is 0. The van der Waals surface area contributed by atoms with Crippen molar-refractivity contribution >= 4 is 27.1 Å². The summed E-state index contributed by atoms with van der Waals surface area (Å²) >= 11 is 0. The molecule has 2 aromatic rings. The molecule has 24 heavy (non-hydrogen) atoms. The first-order valence-corrected chi connectivity index (χ1v) is 8.80. The summed E-state index contributed by atoms with van der Waals surface area (Å²) in [6.45, 7) is 0. The fourth-order valence-electron chi connectivity index (χ4n) is 2.36. The Balaban J connectivity index is 2.40. The molecule has 0 aliphatic carbocycles. The Bertz CT molecular complexity index is 850. The van der Waals surface area contributed by atoms with Crippen molar-refractivity contribution in [3.8, 4) is 0 Å². The van der Waals surface area contributed by atoms with Crippen molar-refractivity contribution in [2.45, 2.75) is 5.75 Å². The second-order valence-corrected chi connectivity index (χ2v) is 7.49. The van der Waals surface area contributed by atoms with Gasteiger partial charge in [-0.3, -0.25) is 14.4 Å². The fourth-order valence-corrected chi connectivity index (χ4v) is 3.65. The van der Waals surface area contributed by atoms with Crippen molar-refractivity contribution in [3.63, 3.8) is 0 Å². The number of anilines is 2. The molecule has 0 atom stereocenters. The number of hydrogen-bond donors (Lipinski definition) is 0. The van der Waals surface area contributed by atoms with Crippen LogP contribution in [0.3, 0.4) is 0 Å². The largest absolute Gasteiger partial charge is 0.376 e. The molecule has 0 bridgehead atoms. The molecular weight excluding hydrogens is 330 g/mol. The maximum absolute atomic E-state index is 12.7. The molecule has 128 valence electrons. The SMILES string of the molecule is CN(C)c1ccccc1N(C)S(=O)(=O)Cc1ccccc1[N+](=O)[O-]. The fraction of sp³-hybridized carbons (Fsp3) is 0.250. The van der Waals surface area contributed by atoms with E-state index in [0.29, 0.717) is 5.69 Å². The van der Waals surface area contributed by atoms with E-state index in [0.717, 1.165) is 5.69 Å². The molecule has 0 radical (unpaired) electrons. The number of hydrogen-bond acceptors (Lipinski definition) is 5. The lowest BCUT2D eigenvalue weighted by atomic mass is 10.2. The van der Waals surface area contributed by atoms with Gasteiger partial charge in [-0.25, -0.2) is 8.42 Å². The van der Waals surface area contributed by atoms with E-state index >= 15 is 0 Å². The van der Waals surface area contributed by atoms with Gasteiger partial charge in [-0.1, -0.05) is 30.3 Å². The van der Waals surface area contributed by atoms with Crippen LogP contribution in [0.4, 0.5) is 17.1 Å². The normalized spacial score (nSPS) is 11.1. The van der Waals surface area contributed by atoms with Crippen molar-refractivity contribution in [2.24, 2.45) is 0 Å². The van der Waals surface area contributed by atoms with Gasteiger partial charge in [-0.05, 0) is 12.1 Å². The number of rotatable bonds is 6. The van der Waals surface area contributed by atoms with E-state index in [1.165, 1.54) is 29.6 Å². The van der Waals surface area contributed by atoms with Crippen LogP contribution in [0.1, 0.15) is 5.56 Å². The van der Waals surface area contributed by atoms with Crippen LogP contribution in [0.15, 0.2) is 48.5 Å². The summed E-state index contributed by atoms with van der Waals surface area (Å²) in [5.41, 5.74) is 1.22. The first kappa shape index (κ1) is 17.7. The minimum Gasteiger partial charge on any atom is -0.376 e. The van der Waals surface area contributed by atoms with Gasteiger partial charge in [-0.2, -0.15) is 0 Å². The first-order chi connectivity index (χ1) is 11.2. The molecule has 0 aliphatic rings. The summed E-state index contributed by atoms with van der Waals surface area (Å²) in [7, 11) is 1.32. The lowest BCUT2D eigenvalue weighted by Gasteiger charge is -2.25. The molecule has 8 heteroatoms. The molecule has 0 aliphatic heterocycles. The quantitative estimate of drug-likeness (QED) is 0.591. The van der Waals surface area contributed by atoms with Crippen LogP contribution in [-0.2, 0) is 15.8 Å². The average molecular weight is 349 g/mol. The van der Waals surface area contributed by atoms with Gasteiger partial charge in [0.2, 0.25) is 10.0 Å². The maximum atomic E-state index is 12.7. The first-order valence-electron chi connectivity index (χ1n) is 7.19. The van der Waals surface area contributed by atoms with Gasteiger partial charge in [0.1, 0.15) is 5.75 Å². The molecule has 0 aromatic heterocycles. The van der Waals surface area contributed by atoms with Crippen molar-refractivity contribution in [1.29, 1.82) is 0 Å². The molecule has 0 heterocycles. The van der Waals surface area contributed by atoms with Crippen molar-refractivity contribution < 1.29 is 13.3 Å². The van der Waals surface area contributed by atoms with E-state index in [4.69, 9.17) is 0 Å². The predicted molar refractivity (Wildman–Crippen MR) is 94.9 cm³/mol. The summed E-state index contributed by atoms with van der Waals surface area (Å²) in [6, 6.07) is 12.9. The highest BCUT2D eigenvalue weighted by Crippen LogP contribution is 2.30. The van der Waals surface area contributed by atoms with Crippen LogP contribution >= 0.6 is 0 Å². The second kappa shape index (κ2) is 6.88. The zero-order valence-electron chi connectivity index (χ0n) is 13.7. The summed E-state index contributed by atoms with van der Waals surface area (Å²) < 4.78 is 26.6. The van der Waals surface area contributed by atoms with E-state index in [1.807, 2.05) is 31.1 Å². The molecule has 0 N–H and O–H groups in total. The van der Waals surface area contributed by atoms with Gasteiger partial charge in [0.15, 0.2) is 0 Å². The van der Waals surface area contributed by atoms with Gasteiger partial charge >= 0.3 is 0 Å². The number of nitro benzene ring substituents is 1. The molecule has 0 saturated carbocycles. The Morgan fingerprint density at radius 2 is 1.50 bits per heavy atom. The molecular formula is C16H19N3O4S. The van der Waals surface area contributed by atoms with Crippen molar-refractivity contribution in [1.82, 2.24) is 0 Å². The van der Waals surface area contributed by atoms with E-state index in [1.54, 1.807) is 18.2 Å². The topological polar surface area (TPSA) is 83.8 Å². The van der Waals surface area contributed by atoms with Gasteiger partial charge in [0.25, 0.3) is 5.69 Å². The second-order valence-electron chi connectivity index (χ2n) is 5.49. The number of benzene rings is 2. The van der Waals surface area contributed by atoms with E-state index < -0.39 is 20.7 Å². The molecule has 0 saturated heterocycles. The molecule has 2 aromatic carbocycles. The van der Waals surface area contributed by atoms with Crippen LogP contribution in [-0.4, -0.2) is 34.5 Å². The van der Waals surface area contributed by atoms with Crippen LogP contribution < -0.4 is 9.21 Å². The minimum atomic E-state index is -3.78. The molecule has 0 fully saturated rings. The highest BCUT2D eigenvalue weighted by molar-refractivity contribution is 7.92. The number of para-hydroxylation sites is 3. The lowest BCUT2D eigenvalue weighted by Crippen LogP contribution is -2.29. The zero-order chi connectivity index (χ0) is 17.9. The number of nitro groups is 1. The van der Waals surface area contributed by atoms with E-state index in [2.05, 4.69) is 0 Å². The van der Waals surface area contributed by atoms with Crippen LogP contribution in [0.2, 0.25) is 0 Å². The van der Waals surface area contributed by atoms with Crippen LogP contribution in [0.25, 0.3) is 0 Å². The molecule has 0 amide bonds. The van der Waals surface area contributed by atoms with Gasteiger partial charge in [0.05, 0.1) is 16.3 Å². The third-order valence-electron chi connectivity index (χ3n) is 3.65. The third-order valence-corrected chi connectivity index (χ3v) is 5.35. The lowest BCUT2D eigenvalue weighted by molar-refractivity contribution is -0.385.